The van der Waals surface area contributed by atoms with Gasteiger partial charge in [-0.15, -0.1) is 0 Å². The van der Waals surface area contributed by atoms with Crippen LogP contribution in [-0.2, 0) is 11.9 Å². The van der Waals surface area contributed by atoms with Gasteiger partial charge in [-0.25, -0.2) is 4.39 Å². The third-order valence-corrected chi connectivity index (χ3v) is 3.99. The van der Waals surface area contributed by atoms with E-state index in [-0.39, 0.29) is 12.4 Å². The molecule has 0 aliphatic carbocycles. The largest absolute Gasteiger partial charge is 0.493 e. The van der Waals surface area contributed by atoms with E-state index in [1.54, 1.807) is 6.07 Å². The van der Waals surface area contributed by atoms with E-state index in [2.05, 4.69) is 15.9 Å². The molecule has 2 aromatic carbocycles. The minimum Gasteiger partial charge on any atom is -0.493 e. The van der Waals surface area contributed by atoms with Gasteiger partial charge in [-0.1, -0.05) is 39.1 Å². The van der Waals surface area contributed by atoms with Crippen LogP contribution in [0.1, 0.15) is 11.1 Å². The molecule has 21 heavy (non-hydrogen) atoms. The van der Waals surface area contributed by atoms with Crippen molar-refractivity contribution in [2.45, 2.75) is 11.9 Å². The van der Waals surface area contributed by atoms with Crippen molar-refractivity contribution >= 4 is 39.1 Å². The van der Waals surface area contributed by atoms with Crippen molar-refractivity contribution in [2.24, 2.45) is 0 Å². The standard InChI is InChI=1S/C15H12BrCl2FO2/c1-20-14-5-9(7-16)4-12(18)15(14)21-8-10-6-11(17)2-3-13(10)19/h2-6H,7-8H2,1H3. The molecule has 0 amide bonds. The normalized spacial score (nSPS) is 10.5. The van der Waals surface area contributed by atoms with E-state index < -0.39 is 0 Å². The van der Waals surface area contributed by atoms with Crippen LogP contribution in [-0.4, -0.2) is 7.11 Å². The Labute approximate surface area is 140 Å². The third kappa shape index (κ3) is 4.02. The molecule has 2 rings (SSSR count). The van der Waals surface area contributed by atoms with Crippen LogP contribution in [0.15, 0.2) is 30.3 Å². The Balaban J connectivity index is 2.25. The number of hydrogen-bond donors (Lipinski definition) is 0. The van der Waals surface area contributed by atoms with Crippen LogP contribution < -0.4 is 9.47 Å². The van der Waals surface area contributed by atoms with Crippen molar-refractivity contribution in [1.29, 1.82) is 0 Å². The third-order valence-electron chi connectivity index (χ3n) is 2.82. The van der Waals surface area contributed by atoms with Crippen molar-refractivity contribution in [3.05, 3.63) is 57.3 Å². The van der Waals surface area contributed by atoms with E-state index >= 15 is 0 Å². The van der Waals surface area contributed by atoms with E-state index in [1.165, 1.54) is 25.3 Å². The fraction of sp³-hybridized carbons (Fsp3) is 0.200. The minimum absolute atomic E-state index is 0.0101. The zero-order chi connectivity index (χ0) is 15.4. The quantitative estimate of drug-likeness (QED) is 0.614. The second-order valence-corrected chi connectivity index (χ2v) is 5.67. The number of rotatable bonds is 5. The molecule has 0 unspecified atom stereocenters. The summed E-state index contributed by atoms with van der Waals surface area (Å²) in [6.45, 7) is 0.0101. The second kappa shape index (κ2) is 7.34. The molecule has 0 heterocycles. The van der Waals surface area contributed by atoms with Gasteiger partial charge in [-0.2, -0.15) is 0 Å². The van der Waals surface area contributed by atoms with Gasteiger partial charge in [0.15, 0.2) is 11.5 Å². The molecule has 0 aliphatic heterocycles. The molecule has 0 fully saturated rings. The van der Waals surface area contributed by atoms with Gasteiger partial charge in [0.1, 0.15) is 12.4 Å². The maximum absolute atomic E-state index is 13.7. The fourth-order valence-electron chi connectivity index (χ4n) is 1.79. The molecule has 0 saturated heterocycles. The summed E-state index contributed by atoms with van der Waals surface area (Å²) >= 11 is 15.4. The lowest BCUT2D eigenvalue weighted by atomic mass is 10.2. The van der Waals surface area contributed by atoms with Crippen LogP contribution >= 0.6 is 39.1 Å². The molecule has 6 heteroatoms. The number of alkyl halides is 1. The maximum atomic E-state index is 13.7. The van der Waals surface area contributed by atoms with Crippen LogP contribution in [0.25, 0.3) is 0 Å². The summed E-state index contributed by atoms with van der Waals surface area (Å²) in [4.78, 5) is 0. The number of hydrogen-bond acceptors (Lipinski definition) is 2. The van der Waals surface area contributed by atoms with Gasteiger partial charge in [0.2, 0.25) is 0 Å². The molecule has 2 nitrogen and oxygen atoms in total. The summed E-state index contributed by atoms with van der Waals surface area (Å²) in [5.41, 5.74) is 1.31. The molecule has 0 N–H and O–H groups in total. The smallest absolute Gasteiger partial charge is 0.180 e. The summed E-state index contributed by atoms with van der Waals surface area (Å²) in [6.07, 6.45) is 0. The van der Waals surface area contributed by atoms with Crippen molar-refractivity contribution < 1.29 is 13.9 Å². The van der Waals surface area contributed by atoms with Crippen LogP contribution in [0, 0.1) is 5.82 Å². The average Bonchev–Trinajstić information content (AvgIpc) is 2.48. The number of methoxy groups -OCH3 is 1. The van der Waals surface area contributed by atoms with E-state index in [0.717, 1.165) is 5.56 Å². The molecule has 112 valence electrons. The highest BCUT2D eigenvalue weighted by molar-refractivity contribution is 9.08. The lowest BCUT2D eigenvalue weighted by Crippen LogP contribution is -2.01. The summed E-state index contributed by atoms with van der Waals surface area (Å²) in [7, 11) is 1.52. The molecule has 0 radical (unpaired) electrons. The first-order valence-electron chi connectivity index (χ1n) is 6.04. The zero-order valence-electron chi connectivity index (χ0n) is 11.1. The Bertz CT molecular complexity index is 650. The van der Waals surface area contributed by atoms with Crippen molar-refractivity contribution in [1.82, 2.24) is 0 Å². The predicted molar refractivity (Wildman–Crippen MR) is 86.4 cm³/mol. The molecule has 0 aliphatic rings. The fourth-order valence-corrected chi connectivity index (χ4v) is 2.60. The van der Waals surface area contributed by atoms with Crippen LogP contribution in [0.5, 0.6) is 11.5 Å². The molecule has 0 bridgehead atoms. The highest BCUT2D eigenvalue weighted by atomic mass is 79.9. The Hall–Kier alpha value is -0.970. The Kier molecular flexibility index (Phi) is 5.73. The minimum atomic E-state index is -0.383. The van der Waals surface area contributed by atoms with Gasteiger partial charge in [-0.3, -0.25) is 0 Å². The highest BCUT2D eigenvalue weighted by Crippen LogP contribution is 2.37. The lowest BCUT2D eigenvalue weighted by molar-refractivity contribution is 0.280. The van der Waals surface area contributed by atoms with E-state index in [0.29, 0.717) is 32.4 Å². The number of halogens is 4. The second-order valence-electron chi connectivity index (χ2n) is 4.27. The summed E-state index contributed by atoms with van der Waals surface area (Å²) in [5.74, 6) is 0.495. The topological polar surface area (TPSA) is 18.5 Å². The van der Waals surface area contributed by atoms with E-state index in [4.69, 9.17) is 32.7 Å². The van der Waals surface area contributed by atoms with Gasteiger partial charge in [0.05, 0.1) is 12.1 Å². The maximum Gasteiger partial charge on any atom is 0.180 e. The Morgan fingerprint density at radius 2 is 1.95 bits per heavy atom. The first kappa shape index (κ1) is 16.4. The molecule has 0 spiro atoms. The van der Waals surface area contributed by atoms with E-state index in [9.17, 15) is 4.39 Å². The van der Waals surface area contributed by atoms with Gasteiger partial charge in [0.25, 0.3) is 0 Å². The number of benzene rings is 2. The Morgan fingerprint density at radius 3 is 2.62 bits per heavy atom. The first-order valence-corrected chi connectivity index (χ1v) is 7.92. The summed E-state index contributed by atoms with van der Waals surface area (Å²) in [5, 5.41) is 1.50. The molecular formula is C15H12BrCl2FO2. The van der Waals surface area contributed by atoms with Gasteiger partial charge >= 0.3 is 0 Å². The molecule has 2 aromatic rings. The van der Waals surface area contributed by atoms with Gasteiger partial charge < -0.3 is 9.47 Å². The molecule has 0 saturated carbocycles. The predicted octanol–water partition coefficient (Wildman–Crippen LogP) is 5.62. The lowest BCUT2D eigenvalue weighted by Gasteiger charge is -2.14. The number of ether oxygens (including phenoxy) is 2. The van der Waals surface area contributed by atoms with Gasteiger partial charge in [0, 0.05) is 15.9 Å². The molecular weight excluding hydrogens is 382 g/mol. The average molecular weight is 394 g/mol. The zero-order valence-corrected chi connectivity index (χ0v) is 14.2. The summed E-state index contributed by atoms with van der Waals surface area (Å²) in [6, 6.07) is 7.88. The summed E-state index contributed by atoms with van der Waals surface area (Å²) < 4.78 is 24.5. The van der Waals surface area contributed by atoms with E-state index in [1.807, 2.05) is 6.07 Å². The highest BCUT2D eigenvalue weighted by Gasteiger charge is 2.13. The van der Waals surface area contributed by atoms with Gasteiger partial charge in [-0.05, 0) is 35.9 Å². The van der Waals surface area contributed by atoms with Crippen molar-refractivity contribution in [3.63, 3.8) is 0 Å². The Morgan fingerprint density at radius 1 is 1.19 bits per heavy atom. The monoisotopic (exact) mass is 392 g/mol. The molecule has 0 atom stereocenters. The van der Waals surface area contributed by atoms with Crippen molar-refractivity contribution in [3.8, 4) is 11.5 Å². The SMILES string of the molecule is COc1cc(CBr)cc(Cl)c1OCc1cc(Cl)ccc1F. The van der Waals surface area contributed by atoms with Crippen molar-refractivity contribution in [2.75, 3.05) is 7.11 Å². The van der Waals surface area contributed by atoms with Crippen LogP contribution in [0.2, 0.25) is 10.0 Å². The van der Waals surface area contributed by atoms with Crippen LogP contribution in [0.4, 0.5) is 4.39 Å². The molecule has 0 aromatic heterocycles. The first-order chi connectivity index (χ1) is 10.0. The van der Waals surface area contributed by atoms with Crippen LogP contribution in [0.3, 0.4) is 0 Å².